The Labute approximate surface area is 154 Å². The average molecular weight is 367 g/mol. The lowest BCUT2D eigenvalue weighted by Gasteiger charge is -2.22. The maximum absolute atomic E-state index is 12.9. The maximum atomic E-state index is 12.9. The van der Waals surface area contributed by atoms with Gasteiger partial charge in [-0.05, 0) is 19.3 Å². The summed E-state index contributed by atoms with van der Waals surface area (Å²) < 4.78 is 11.0. The highest BCUT2D eigenvalue weighted by atomic mass is 16.5. The van der Waals surface area contributed by atoms with Gasteiger partial charge < -0.3 is 9.72 Å². The maximum Gasteiger partial charge on any atom is 0.280 e. The minimum absolute atomic E-state index is 0.0962. The first-order valence-electron chi connectivity index (χ1n) is 9.34. The summed E-state index contributed by atoms with van der Waals surface area (Å²) in [7, 11) is 0. The number of hydrogen-bond acceptors (Lipinski definition) is 5. The topological polar surface area (TPSA) is 95.0 Å². The summed E-state index contributed by atoms with van der Waals surface area (Å²) in [4.78, 5) is 25.2. The van der Waals surface area contributed by atoms with E-state index in [2.05, 4.69) is 20.1 Å². The fourth-order valence-electron chi connectivity index (χ4n) is 3.75. The lowest BCUT2D eigenvalue weighted by atomic mass is 10.1. The van der Waals surface area contributed by atoms with Crippen molar-refractivity contribution in [3.63, 3.8) is 0 Å². The van der Waals surface area contributed by atoms with Gasteiger partial charge in [0.15, 0.2) is 11.2 Å². The van der Waals surface area contributed by atoms with Crippen molar-refractivity contribution in [2.75, 3.05) is 13.2 Å². The summed E-state index contributed by atoms with van der Waals surface area (Å²) in [6.45, 7) is 4.19. The van der Waals surface area contributed by atoms with Gasteiger partial charge in [-0.3, -0.25) is 18.4 Å². The summed E-state index contributed by atoms with van der Waals surface area (Å²) in [5.74, 6) is 1.26. The molecule has 4 aromatic rings. The van der Waals surface area contributed by atoms with Crippen LogP contribution in [0.5, 0.6) is 0 Å². The van der Waals surface area contributed by atoms with E-state index >= 15 is 0 Å². The highest BCUT2D eigenvalue weighted by molar-refractivity contribution is 5.77. The minimum atomic E-state index is -0.0962. The predicted molar refractivity (Wildman–Crippen MR) is 99.7 cm³/mol. The molecule has 5 heterocycles. The third-order valence-electron chi connectivity index (χ3n) is 5.12. The Morgan fingerprint density at radius 1 is 1.33 bits per heavy atom. The average Bonchev–Trinajstić information content (AvgIpc) is 3.44. The smallest absolute Gasteiger partial charge is 0.280 e. The third-order valence-corrected chi connectivity index (χ3v) is 5.12. The van der Waals surface area contributed by atoms with E-state index in [1.54, 1.807) is 17.0 Å². The van der Waals surface area contributed by atoms with Crippen molar-refractivity contribution in [1.29, 1.82) is 0 Å². The predicted octanol–water partition coefficient (Wildman–Crippen LogP) is 2.00. The minimum Gasteiger partial charge on any atom is -0.381 e. The number of fused-ring (bicyclic) bond motifs is 3. The lowest BCUT2D eigenvalue weighted by molar-refractivity contribution is 0.0662. The number of ether oxygens (including phenoxy) is 1. The quantitative estimate of drug-likeness (QED) is 0.595. The van der Waals surface area contributed by atoms with Crippen molar-refractivity contribution >= 4 is 16.9 Å². The second-order valence-corrected chi connectivity index (χ2v) is 6.89. The Morgan fingerprint density at radius 3 is 3.00 bits per heavy atom. The van der Waals surface area contributed by atoms with Crippen LogP contribution in [0.4, 0.5) is 0 Å². The molecule has 1 saturated heterocycles. The summed E-state index contributed by atoms with van der Waals surface area (Å²) in [5, 5.41) is 4.51. The van der Waals surface area contributed by atoms with Gasteiger partial charge in [0.05, 0.1) is 17.8 Å². The Bertz CT molecular complexity index is 1160. The van der Waals surface area contributed by atoms with Crippen molar-refractivity contribution in [3.05, 3.63) is 35.1 Å². The zero-order chi connectivity index (χ0) is 18.4. The third kappa shape index (κ3) is 2.57. The SMILES string of the molecule is CCCn1c(=O)c2[nH]c(-c3cnn(C4CCOCC4)c3)nc2n2ccnc12. The molecule has 4 aromatic heterocycles. The first-order valence-corrected chi connectivity index (χ1v) is 9.34. The molecule has 0 unspecified atom stereocenters. The molecule has 0 atom stereocenters. The van der Waals surface area contributed by atoms with Crippen LogP contribution in [0.1, 0.15) is 32.2 Å². The van der Waals surface area contributed by atoms with Crippen LogP contribution in [0.25, 0.3) is 28.3 Å². The fourth-order valence-corrected chi connectivity index (χ4v) is 3.75. The monoisotopic (exact) mass is 367 g/mol. The number of aromatic amines is 1. The number of nitrogens with zero attached hydrogens (tertiary/aromatic N) is 6. The van der Waals surface area contributed by atoms with Gasteiger partial charge >= 0.3 is 0 Å². The zero-order valence-electron chi connectivity index (χ0n) is 15.1. The molecule has 1 aliphatic rings. The number of aromatic nitrogens is 7. The second kappa shape index (κ2) is 6.34. The molecule has 140 valence electrons. The first-order chi connectivity index (χ1) is 13.3. The van der Waals surface area contributed by atoms with Crippen LogP contribution in [0, 0.1) is 0 Å². The first kappa shape index (κ1) is 16.2. The number of hydrogen-bond donors (Lipinski definition) is 1. The van der Waals surface area contributed by atoms with Crippen LogP contribution in [-0.2, 0) is 11.3 Å². The molecule has 0 saturated carbocycles. The number of nitrogens with one attached hydrogen (secondary N) is 1. The Morgan fingerprint density at radius 2 is 2.19 bits per heavy atom. The molecular weight excluding hydrogens is 346 g/mol. The van der Waals surface area contributed by atoms with Crippen LogP contribution < -0.4 is 5.56 Å². The molecule has 27 heavy (non-hydrogen) atoms. The molecule has 0 radical (unpaired) electrons. The van der Waals surface area contributed by atoms with Gasteiger partial charge in [0.2, 0.25) is 5.78 Å². The van der Waals surface area contributed by atoms with Crippen LogP contribution in [0.15, 0.2) is 29.6 Å². The summed E-state index contributed by atoms with van der Waals surface area (Å²) in [6, 6.07) is 0.346. The van der Waals surface area contributed by atoms with E-state index in [9.17, 15) is 4.79 Å². The van der Waals surface area contributed by atoms with Crippen molar-refractivity contribution in [3.8, 4) is 11.4 Å². The molecule has 0 spiro atoms. The van der Waals surface area contributed by atoms with E-state index in [1.165, 1.54) is 0 Å². The highest BCUT2D eigenvalue weighted by Gasteiger charge is 2.19. The molecule has 0 amide bonds. The van der Waals surface area contributed by atoms with Crippen molar-refractivity contribution in [2.45, 2.75) is 38.8 Å². The molecular formula is C18H21N7O2. The van der Waals surface area contributed by atoms with E-state index < -0.39 is 0 Å². The Hall–Kier alpha value is -2.94. The van der Waals surface area contributed by atoms with Gasteiger partial charge in [-0.2, -0.15) is 5.10 Å². The molecule has 1 N–H and O–H groups in total. The van der Waals surface area contributed by atoms with Crippen LogP contribution in [0.2, 0.25) is 0 Å². The van der Waals surface area contributed by atoms with Crippen molar-refractivity contribution < 1.29 is 4.74 Å². The molecule has 9 heteroatoms. The molecule has 0 aromatic carbocycles. The zero-order valence-corrected chi connectivity index (χ0v) is 15.1. The number of aryl methyl sites for hydroxylation is 1. The van der Waals surface area contributed by atoms with Gasteiger partial charge in [0, 0.05) is 38.3 Å². The lowest BCUT2D eigenvalue weighted by Crippen LogP contribution is -2.23. The van der Waals surface area contributed by atoms with Crippen LogP contribution in [-0.4, -0.2) is 46.9 Å². The largest absolute Gasteiger partial charge is 0.381 e. The molecule has 0 bridgehead atoms. The molecule has 1 aliphatic heterocycles. The van der Waals surface area contributed by atoms with E-state index in [-0.39, 0.29) is 5.56 Å². The summed E-state index contributed by atoms with van der Waals surface area (Å²) >= 11 is 0. The van der Waals surface area contributed by atoms with Gasteiger partial charge in [-0.15, -0.1) is 0 Å². The van der Waals surface area contributed by atoms with Crippen molar-refractivity contribution in [1.82, 2.24) is 33.7 Å². The fraction of sp³-hybridized carbons (Fsp3) is 0.444. The van der Waals surface area contributed by atoms with E-state index in [0.29, 0.717) is 35.4 Å². The van der Waals surface area contributed by atoms with Gasteiger partial charge in [0.25, 0.3) is 5.56 Å². The Balaban J connectivity index is 1.62. The number of H-pyrrole nitrogens is 1. The number of imidazole rings is 2. The molecule has 0 aliphatic carbocycles. The second-order valence-electron chi connectivity index (χ2n) is 6.89. The van der Waals surface area contributed by atoms with Gasteiger partial charge in [0.1, 0.15) is 5.82 Å². The Kier molecular flexibility index (Phi) is 3.82. The van der Waals surface area contributed by atoms with Gasteiger partial charge in [-0.25, -0.2) is 9.97 Å². The summed E-state index contributed by atoms with van der Waals surface area (Å²) in [6.07, 6.45) is 10.1. The standard InChI is InChI=1S/C18H21N7O2/c1-2-6-24-17(26)14-16(23-7-5-19-18(23)24)22-15(21-14)12-10-20-25(11-12)13-3-8-27-9-4-13/h5,7,10-11,13H,2-4,6,8-9H2,1H3,(H,21,22). The highest BCUT2D eigenvalue weighted by Crippen LogP contribution is 2.24. The molecule has 5 rings (SSSR count). The van der Waals surface area contributed by atoms with Crippen molar-refractivity contribution in [2.24, 2.45) is 0 Å². The molecule has 9 nitrogen and oxygen atoms in total. The normalized spacial score (nSPS) is 15.9. The van der Waals surface area contributed by atoms with Crippen LogP contribution >= 0.6 is 0 Å². The number of rotatable bonds is 4. The summed E-state index contributed by atoms with van der Waals surface area (Å²) in [5.41, 5.74) is 1.85. The van der Waals surface area contributed by atoms with Crippen LogP contribution in [0.3, 0.4) is 0 Å². The van der Waals surface area contributed by atoms with E-state index in [0.717, 1.165) is 38.0 Å². The molecule has 1 fully saturated rings. The van der Waals surface area contributed by atoms with Gasteiger partial charge in [-0.1, -0.05) is 6.92 Å². The van der Waals surface area contributed by atoms with E-state index in [1.807, 2.05) is 28.4 Å². The van der Waals surface area contributed by atoms with E-state index in [4.69, 9.17) is 4.74 Å².